The molecule has 1 aliphatic carbocycles. The molecule has 2 rings (SSSR count). The molecule has 1 aromatic rings. The van der Waals surface area contributed by atoms with E-state index >= 15 is 0 Å². The Morgan fingerprint density at radius 1 is 1.31 bits per heavy atom. The van der Waals surface area contributed by atoms with Crippen LogP contribution in [0.5, 0.6) is 0 Å². The Hall–Kier alpha value is -0.350. The number of hydrogen-bond donors (Lipinski definition) is 1. The van der Waals surface area contributed by atoms with Crippen molar-refractivity contribution < 1.29 is 0 Å². The summed E-state index contributed by atoms with van der Waals surface area (Å²) >= 11 is 9.28. The molecule has 0 atom stereocenters. The van der Waals surface area contributed by atoms with Crippen LogP contribution < -0.4 is 5.32 Å². The molecule has 0 radical (unpaired) electrons. The monoisotopic (exact) mass is 303 g/mol. The molecule has 1 aliphatic rings. The van der Waals surface area contributed by atoms with Gasteiger partial charge in [-0.3, -0.25) is 0 Å². The first kappa shape index (κ1) is 12.1. The summed E-state index contributed by atoms with van der Waals surface area (Å²) in [5, 5.41) is 3.80. The van der Waals surface area contributed by atoms with Crippen LogP contribution in [0.2, 0.25) is 5.15 Å². The van der Waals surface area contributed by atoms with Gasteiger partial charge in [0.2, 0.25) is 0 Å². The van der Waals surface area contributed by atoms with E-state index in [2.05, 4.69) is 31.2 Å². The second-order valence-corrected chi connectivity index (χ2v) is 5.36. The van der Waals surface area contributed by atoms with Crippen molar-refractivity contribution in [2.45, 2.75) is 32.1 Å². The molecule has 1 saturated carbocycles. The molecule has 0 unspecified atom stereocenters. The molecule has 0 bridgehead atoms. The van der Waals surface area contributed by atoms with Crippen LogP contribution in [0.1, 0.15) is 32.1 Å². The first-order chi connectivity index (χ1) is 7.77. The molecule has 0 aliphatic heterocycles. The molecule has 0 saturated heterocycles. The van der Waals surface area contributed by atoms with Crippen LogP contribution in [-0.2, 0) is 0 Å². The highest BCUT2D eigenvalue weighted by Gasteiger charge is 2.14. The van der Waals surface area contributed by atoms with Gasteiger partial charge in [0.05, 0.1) is 4.47 Å². The minimum atomic E-state index is 0.459. The highest BCUT2D eigenvalue weighted by Crippen LogP contribution is 2.28. The zero-order valence-corrected chi connectivity index (χ0v) is 11.4. The summed E-state index contributed by atoms with van der Waals surface area (Å²) in [4.78, 5) is 8.07. The van der Waals surface area contributed by atoms with Gasteiger partial charge >= 0.3 is 0 Å². The molecule has 88 valence electrons. The molecule has 1 aromatic heterocycles. The maximum Gasteiger partial charge on any atom is 0.148 e. The number of aromatic nitrogens is 2. The van der Waals surface area contributed by atoms with Crippen molar-refractivity contribution in [3.05, 3.63) is 16.0 Å². The molecule has 5 heteroatoms. The van der Waals surface area contributed by atoms with Gasteiger partial charge in [0, 0.05) is 6.54 Å². The maximum absolute atomic E-state index is 5.90. The molecule has 16 heavy (non-hydrogen) atoms. The first-order valence-electron chi connectivity index (χ1n) is 5.67. The van der Waals surface area contributed by atoms with Crippen molar-refractivity contribution in [1.29, 1.82) is 0 Å². The van der Waals surface area contributed by atoms with Crippen LogP contribution in [0, 0.1) is 5.92 Å². The van der Waals surface area contributed by atoms with Crippen molar-refractivity contribution in [1.82, 2.24) is 9.97 Å². The van der Waals surface area contributed by atoms with E-state index in [1.807, 2.05) is 0 Å². The zero-order chi connectivity index (χ0) is 11.4. The standard InChI is InChI=1S/C11H15BrClN3/c12-9-10(13)15-7-16-11(9)14-6-8-4-2-1-3-5-8/h7-8H,1-6H2,(H,14,15,16). The van der Waals surface area contributed by atoms with Gasteiger partial charge in [0.15, 0.2) is 0 Å². The highest BCUT2D eigenvalue weighted by molar-refractivity contribution is 9.10. The highest BCUT2D eigenvalue weighted by atomic mass is 79.9. The van der Waals surface area contributed by atoms with Crippen molar-refractivity contribution in [3.63, 3.8) is 0 Å². The summed E-state index contributed by atoms with van der Waals surface area (Å²) in [6.45, 7) is 0.978. The number of nitrogens with one attached hydrogen (secondary N) is 1. The molecule has 1 N–H and O–H groups in total. The van der Waals surface area contributed by atoms with Gasteiger partial charge in [-0.1, -0.05) is 30.9 Å². The lowest BCUT2D eigenvalue weighted by molar-refractivity contribution is 0.373. The van der Waals surface area contributed by atoms with Crippen molar-refractivity contribution in [3.8, 4) is 0 Å². The van der Waals surface area contributed by atoms with Gasteiger partial charge < -0.3 is 5.32 Å². The second-order valence-electron chi connectivity index (χ2n) is 4.21. The largest absolute Gasteiger partial charge is 0.369 e. The molecule has 3 nitrogen and oxygen atoms in total. The number of halogens is 2. The number of hydrogen-bond acceptors (Lipinski definition) is 3. The van der Waals surface area contributed by atoms with Crippen molar-refractivity contribution >= 4 is 33.3 Å². The van der Waals surface area contributed by atoms with Crippen molar-refractivity contribution in [2.24, 2.45) is 5.92 Å². The average Bonchev–Trinajstić information content (AvgIpc) is 2.32. The molecule has 1 fully saturated rings. The van der Waals surface area contributed by atoms with E-state index in [0.717, 1.165) is 22.8 Å². The minimum Gasteiger partial charge on any atom is -0.369 e. The van der Waals surface area contributed by atoms with Crippen LogP contribution in [0.4, 0.5) is 5.82 Å². The second kappa shape index (κ2) is 5.82. The fourth-order valence-corrected chi connectivity index (χ4v) is 2.58. The summed E-state index contributed by atoms with van der Waals surface area (Å²) in [5.41, 5.74) is 0. The Morgan fingerprint density at radius 3 is 2.81 bits per heavy atom. The van der Waals surface area contributed by atoms with E-state index in [0.29, 0.717) is 5.15 Å². The summed E-state index contributed by atoms with van der Waals surface area (Å²) in [5.74, 6) is 1.57. The van der Waals surface area contributed by atoms with Crippen LogP contribution in [0.3, 0.4) is 0 Å². The summed E-state index contributed by atoms with van der Waals surface area (Å²) in [7, 11) is 0. The topological polar surface area (TPSA) is 37.8 Å². The summed E-state index contributed by atoms with van der Waals surface area (Å²) < 4.78 is 0.757. The zero-order valence-electron chi connectivity index (χ0n) is 9.05. The molecular weight excluding hydrogens is 289 g/mol. The fourth-order valence-electron chi connectivity index (χ4n) is 2.10. The quantitative estimate of drug-likeness (QED) is 0.861. The lowest BCUT2D eigenvalue weighted by Crippen LogP contribution is -2.17. The Bertz CT molecular complexity index is 353. The number of nitrogens with zero attached hydrogens (tertiary/aromatic N) is 2. The van der Waals surface area contributed by atoms with Gasteiger partial charge in [0.1, 0.15) is 17.3 Å². The Morgan fingerprint density at radius 2 is 2.06 bits per heavy atom. The fraction of sp³-hybridized carbons (Fsp3) is 0.636. The van der Waals surface area contributed by atoms with Crippen LogP contribution >= 0.6 is 27.5 Å². The lowest BCUT2D eigenvalue weighted by atomic mass is 9.89. The minimum absolute atomic E-state index is 0.459. The maximum atomic E-state index is 5.90. The van der Waals surface area contributed by atoms with Gasteiger partial charge in [-0.15, -0.1) is 0 Å². The SMILES string of the molecule is Clc1ncnc(NCC2CCCCC2)c1Br. The third-order valence-corrected chi connectivity index (χ3v) is 4.30. The van der Waals surface area contributed by atoms with E-state index in [1.165, 1.54) is 38.4 Å². The predicted octanol–water partition coefficient (Wildman–Crippen LogP) is 3.88. The Labute approximate surface area is 109 Å². The van der Waals surface area contributed by atoms with Gasteiger partial charge in [0.25, 0.3) is 0 Å². The molecule has 1 heterocycles. The average molecular weight is 305 g/mol. The molecule has 0 amide bonds. The molecular formula is C11H15BrClN3. The lowest BCUT2D eigenvalue weighted by Gasteiger charge is -2.22. The molecule has 0 spiro atoms. The van der Waals surface area contributed by atoms with Crippen molar-refractivity contribution in [2.75, 3.05) is 11.9 Å². The van der Waals surface area contributed by atoms with Crippen LogP contribution in [0.25, 0.3) is 0 Å². The number of rotatable bonds is 3. The van der Waals surface area contributed by atoms with Gasteiger partial charge in [-0.2, -0.15) is 0 Å². The van der Waals surface area contributed by atoms with E-state index in [9.17, 15) is 0 Å². The molecule has 0 aromatic carbocycles. The van der Waals surface area contributed by atoms with Crippen LogP contribution in [-0.4, -0.2) is 16.5 Å². The first-order valence-corrected chi connectivity index (χ1v) is 6.84. The third-order valence-electron chi connectivity index (χ3n) is 3.03. The van der Waals surface area contributed by atoms with Gasteiger partial charge in [-0.25, -0.2) is 9.97 Å². The van der Waals surface area contributed by atoms with E-state index in [1.54, 1.807) is 0 Å². The number of anilines is 1. The normalized spacial score (nSPS) is 17.4. The predicted molar refractivity (Wildman–Crippen MR) is 69.8 cm³/mol. The Balaban J connectivity index is 1.91. The third kappa shape index (κ3) is 3.08. The van der Waals surface area contributed by atoms with E-state index in [-0.39, 0.29) is 0 Å². The summed E-state index contributed by atoms with van der Waals surface area (Å²) in [6.07, 6.45) is 8.23. The summed E-state index contributed by atoms with van der Waals surface area (Å²) in [6, 6.07) is 0. The van der Waals surface area contributed by atoms with E-state index < -0.39 is 0 Å². The van der Waals surface area contributed by atoms with Crippen LogP contribution in [0.15, 0.2) is 10.8 Å². The Kier molecular flexibility index (Phi) is 4.41. The van der Waals surface area contributed by atoms with Gasteiger partial charge in [-0.05, 0) is 34.7 Å². The van der Waals surface area contributed by atoms with E-state index in [4.69, 9.17) is 11.6 Å². The smallest absolute Gasteiger partial charge is 0.148 e.